The molecule has 0 aromatic carbocycles. The zero-order valence-electron chi connectivity index (χ0n) is 6.83. The fourth-order valence-corrected chi connectivity index (χ4v) is 1.09. The van der Waals surface area contributed by atoms with Crippen LogP contribution in [-0.4, -0.2) is 22.6 Å². The lowest BCUT2D eigenvalue weighted by atomic mass is 10.1. The average molecular weight is 178 g/mol. The first-order valence-corrected chi connectivity index (χ1v) is 3.99. The molecule has 1 N–H and O–H groups in total. The third-order valence-corrected chi connectivity index (χ3v) is 1.78. The number of ether oxygens (including phenoxy) is 1. The second kappa shape index (κ2) is 4.62. The lowest BCUT2D eigenvalue weighted by molar-refractivity contribution is -0.154. The number of hydrogen-bond acceptors (Lipinski definition) is 4. The third kappa shape index (κ3) is 3.62. The van der Waals surface area contributed by atoms with Crippen LogP contribution in [0.15, 0.2) is 0 Å². The summed E-state index contributed by atoms with van der Waals surface area (Å²) in [5.74, 6) is -0.467. The Morgan fingerprint density at radius 2 is 2.27 bits per heavy atom. The van der Waals surface area contributed by atoms with Crippen LogP contribution in [0.2, 0.25) is 0 Å². The summed E-state index contributed by atoms with van der Waals surface area (Å²) in [5.41, 5.74) is 0. The molecule has 0 aliphatic heterocycles. The van der Waals surface area contributed by atoms with Crippen LogP contribution in [0.1, 0.15) is 26.7 Å². The second-order valence-corrected chi connectivity index (χ2v) is 3.57. The van der Waals surface area contributed by atoms with E-state index < -0.39 is 17.5 Å². The van der Waals surface area contributed by atoms with Gasteiger partial charge in [0.2, 0.25) is 0 Å². The molecule has 0 fully saturated rings. The van der Waals surface area contributed by atoms with Gasteiger partial charge in [0.15, 0.2) is 6.79 Å². The van der Waals surface area contributed by atoms with Crippen molar-refractivity contribution in [1.82, 2.24) is 0 Å². The standard InChI is InChI=1S/C7H14O3S/c1-3-4-7(2,11)6(9)10-5-8/h8,11H,3-5H2,1-2H3. The molecule has 11 heavy (non-hydrogen) atoms. The Hall–Kier alpha value is -0.220. The summed E-state index contributed by atoms with van der Waals surface area (Å²) in [7, 11) is 0. The Morgan fingerprint density at radius 1 is 1.73 bits per heavy atom. The molecule has 0 aliphatic carbocycles. The highest BCUT2D eigenvalue weighted by Gasteiger charge is 2.29. The van der Waals surface area contributed by atoms with Crippen LogP contribution < -0.4 is 0 Å². The lowest BCUT2D eigenvalue weighted by Crippen LogP contribution is -2.31. The summed E-state index contributed by atoms with van der Waals surface area (Å²) in [6.07, 6.45) is 1.51. The number of hydrogen-bond donors (Lipinski definition) is 2. The van der Waals surface area contributed by atoms with E-state index in [1.165, 1.54) is 0 Å². The van der Waals surface area contributed by atoms with E-state index in [2.05, 4.69) is 17.4 Å². The van der Waals surface area contributed by atoms with Crippen molar-refractivity contribution in [3.63, 3.8) is 0 Å². The first kappa shape index (κ1) is 10.8. The van der Waals surface area contributed by atoms with Gasteiger partial charge in [-0.2, -0.15) is 12.6 Å². The van der Waals surface area contributed by atoms with Gasteiger partial charge >= 0.3 is 5.97 Å². The first-order valence-electron chi connectivity index (χ1n) is 3.55. The Kier molecular flexibility index (Phi) is 4.52. The van der Waals surface area contributed by atoms with Crippen molar-refractivity contribution in [3.8, 4) is 0 Å². The van der Waals surface area contributed by atoms with Crippen LogP contribution in [0.25, 0.3) is 0 Å². The molecule has 0 radical (unpaired) electrons. The number of rotatable bonds is 4. The number of carbonyl (C=O) groups excluding carboxylic acids is 1. The molecule has 0 saturated heterocycles. The Morgan fingerprint density at radius 3 is 2.64 bits per heavy atom. The van der Waals surface area contributed by atoms with E-state index in [-0.39, 0.29) is 0 Å². The highest BCUT2D eigenvalue weighted by Crippen LogP contribution is 2.21. The van der Waals surface area contributed by atoms with Crippen molar-refractivity contribution >= 4 is 18.6 Å². The topological polar surface area (TPSA) is 46.5 Å². The number of thiol groups is 1. The Labute approximate surface area is 72.2 Å². The van der Waals surface area contributed by atoms with Crippen LogP contribution >= 0.6 is 12.6 Å². The summed E-state index contributed by atoms with van der Waals surface area (Å²) in [6, 6.07) is 0. The monoisotopic (exact) mass is 178 g/mol. The minimum Gasteiger partial charge on any atom is -0.438 e. The molecule has 0 aromatic rings. The molecule has 3 nitrogen and oxygen atoms in total. The number of carbonyl (C=O) groups is 1. The van der Waals surface area contributed by atoms with Crippen molar-refractivity contribution in [3.05, 3.63) is 0 Å². The molecule has 0 spiro atoms. The number of aliphatic hydroxyl groups excluding tert-OH is 1. The molecule has 4 heteroatoms. The summed E-state index contributed by atoms with van der Waals surface area (Å²) in [4.78, 5) is 11.0. The van der Waals surface area contributed by atoms with Crippen LogP contribution in [0.5, 0.6) is 0 Å². The maximum atomic E-state index is 11.0. The summed E-state index contributed by atoms with van der Waals surface area (Å²) >= 11 is 4.11. The van der Waals surface area contributed by atoms with Crippen molar-refractivity contribution in [2.75, 3.05) is 6.79 Å². The summed E-state index contributed by atoms with van der Waals surface area (Å²) in [6.45, 7) is 3.07. The summed E-state index contributed by atoms with van der Waals surface area (Å²) in [5, 5.41) is 8.29. The molecule has 1 atom stereocenters. The van der Waals surface area contributed by atoms with E-state index in [0.29, 0.717) is 6.42 Å². The van der Waals surface area contributed by atoms with Gasteiger partial charge in [-0.25, -0.2) is 0 Å². The van der Waals surface area contributed by atoms with E-state index in [9.17, 15) is 4.79 Å². The van der Waals surface area contributed by atoms with Gasteiger partial charge in [-0.3, -0.25) is 4.79 Å². The van der Waals surface area contributed by atoms with Crippen molar-refractivity contribution < 1.29 is 14.6 Å². The maximum Gasteiger partial charge on any atom is 0.323 e. The predicted molar refractivity (Wildman–Crippen MR) is 45.5 cm³/mol. The van der Waals surface area contributed by atoms with Gasteiger partial charge in [-0.15, -0.1) is 0 Å². The van der Waals surface area contributed by atoms with E-state index in [0.717, 1.165) is 6.42 Å². The molecular formula is C7H14O3S. The van der Waals surface area contributed by atoms with Crippen LogP contribution in [0, 0.1) is 0 Å². The third-order valence-electron chi connectivity index (χ3n) is 1.37. The molecule has 0 aromatic heterocycles. The van der Waals surface area contributed by atoms with Gasteiger partial charge < -0.3 is 9.84 Å². The quantitative estimate of drug-likeness (QED) is 0.383. The summed E-state index contributed by atoms with van der Waals surface area (Å²) < 4.78 is 3.63. The molecule has 0 saturated carbocycles. The highest BCUT2D eigenvalue weighted by atomic mass is 32.1. The van der Waals surface area contributed by atoms with Crippen molar-refractivity contribution in [2.24, 2.45) is 0 Å². The zero-order valence-corrected chi connectivity index (χ0v) is 7.73. The first-order chi connectivity index (χ1) is 5.04. The Bertz CT molecular complexity index is 134. The van der Waals surface area contributed by atoms with Crippen LogP contribution in [0.4, 0.5) is 0 Å². The van der Waals surface area contributed by atoms with E-state index in [4.69, 9.17) is 5.11 Å². The van der Waals surface area contributed by atoms with E-state index in [1.54, 1.807) is 6.92 Å². The molecule has 0 rings (SSSR count). The Balaban J connectivity index is 3.94. The molecule has 0 amide bonds. The number of esters is 1. The highest BCUT2D eigenvalue weighted by molar-refractivity contribution is 7.82. The second-order valence-electron chi connectivity index (χ2n) is 2.58. The predicted octanol–water partition coefficient (Wildman–Crippen LogP) is 0.968. The molecule has 1 unspecified atom stereocenters. The van der Waals surface area contributed by atoms with Gasteiger partial charge in [0.25, 0.3) is 0 Å². The van der Waals surface area contributed by atoms with Crippen LogP contribution in [-0.2, 0) is 9.53 Å². The molecule has 0 heterocycles. The maximum absolute atomic E-state index is 11.0. The van der Waals surface area contributed by atoms with Crippen LogP contribution in [0.3, 0.4) is 0 Å². The minimum absolute atomic E-state index is 0.467. The van der Waals surface area contributed by atoms with E-state index in [1.807, 2.05) is 6.92 Å². The normalized spacial score (nSPS) is 15.6. The zero-order chi connectivity index (χ0) is 8.91. The van der Waals surface area contributed by atoms with Gasteiger partial charge in [0, 0.05) is 0 Å². The molecule has 66 valence electrons. The lowest BCUT2D eigenvalue weighted by Gasteiger charge is -2.19. The average Bonchev–Trinajstić information content (AvgIpc) is 1.88. The smallest absolute Gasteiger partial charge is 0.323 e. The molecular weight excluding hydrogens is 164 g/mol. The molecule has 0 aliphatic rings. The largest absolute Gasteiger partial charge is 0.438 e. The fourth-order valence-electron chi connectivity index (χ4n) is 0.803. The molecule has 0 bridgehead atoms. The van der Waals surface area contributed by atoms with Crippen molar-refractivity contribution in [1.29, 1.82) is 0 Å². The fraction of sp³-hybridized carbons (Fsp3) is 0.857. The van der Waals surface area contributed by atoms with E-state index >= 15 is 0 Å². The number of aliphatic hydroxyl groups is 1. The minimum atomic E-state index is -0.766. The van der Waals surface area contributed by atoms with Gasteiger partial charge in [0.05, 0.1) is 0 Å². The van der Waals surface area contributed by atoms with Gasteiger partial charge in [-0.1, -0.05) is 13.3 Å². The van der Waals surface area contributed by atoms with Gasteiger partial charge in [0.1, 0.15) is 4.75 Å². The van der Waals surface area contributed by atoms with Crippen molar-refractivity contribution in [2.45, 2.75) is 31.4 Å². The SMILES string of the molecule is CCCC(C)(S)C(=O)OCO. The van der Waals surface area contributed by atoms with Gasteiger partial charge in [-0.05, 0) is 13.3 Å².